The van der Waals surface area contributed by atoms with Crippen molar-refractivity contribution in [1.82, 2.24) is 0 Å². The van der Waals surface area contributed by atoms with Crippen molar-refractivity contribution in [3.63, 3.8) is 0 Å². The lowest BCUT2D eigenvalue weighted by Gasteiger charge is -2.19. The van der Waals surface area contributed by atoms with Crippen molar-refractivity contribution in [2.24, 2.45) is 0 Å². The van der Waals surface area contributed by atoms with Gasteiger partial charge in [-0.1, -0.05) is 11.6 Å². The Morgan fingerprint density at radius 1 is 1.33 bits per heavy atom. The molecule has 0 saturated carbocycles. The Hall–Kier alpha value is -0.360. The summed E-state index contributed by atoms with van der Waals surface area (Å²) in [5, 5.41) is 3.40. The Morgan fingerprint density at radius 3 is 2.44 bits per heavy atom. The van der Waals surface area contributed by atoms with E-state index in [1.54, 1.807) is 0 Å². The van der Waals surface area contributed by atoms with Crippen LogP contribution in [-0.2, 0) is 9.47 Å². The van der Waals surface area contributed by atoms with Crippen LogP contribution in [0.3, 0.4) is 0 Å². The van der Waals surface area contributed by atoms with Gasteiger partial charge >= 0.3 is 0 Å². The van der Waals surface area contributed by atoms with Crippen LogP contribution in [0.15, 0.2) is 16.6 Å². The highest BCUT2D eigenvalue weighted by Gasteiger charge is 2.12. The van der Waals surface area contributed by atoms with E-state index in [2.05, 4.69) is 21.2 Å². The molecule has 0 aromatic heterocycles. The van der Waals surface area contributed by atoms with Crippen molar-refractivity contribution in [2.45, 2.75) is 20.1 Å². The number of nitrogens with one attached hydrogen (secondary N) is 1. The molecule has 0 unspecified atom stereocenters. The molecule has 6 heteroatoms. The molecule has 1 aromatic rings. The van der Waals surface area contributed by atoms with Gasteiger partial charge in [-0.3, -0.25) is 0 Å². The molecule has 1 aromatic carbocycles. The summed E-state index contributed by atoms with van der Waals surface area (Å²) in [5.74, 6) is -0.386. The second-order valence-electron chi connectivity index (χ2n) is 3.47. The summed E-state index contributed by atoms with van der Waals surface area (Å²) in [4.78, 5) is 0. The van der Waals surface area contributed by atoms with E-state index < -0.39 is 0 Å². The standard InChI is InChI=1S/C12H16BrClFNO2/c1-3-17-11(18-4-2)7-16-12-9(13)5-8(15)6-10(12)14/h5-6,11,16H,3-4,7H2,1-2H3. The van der Waals surface area contributed by atoms with Crippen molar-refractivity contribution < 1.29 is 13.9 Å². The number of benzene rings is 1. The first kappa shape index (κ1) is 15.7. The van der Waals surface area contributed by atoms with Gasteiger partial charge in [0.15, 0.2) is 6.29 Å². The lowest BCUT2D eigenvalue weighted by Crippen LogP contribution is -2.26. The van der Waals surface area contributed by atoms with Crippen molar-refractivity contribution in [2.75, 3.05) is 25.1 Å². The van der Waals surface area contributed by atoms with Crippen molar-refractivity contribution in [3.05, 3.63) is 27.4 Å². The fraction of sp³-hybridized carbons (Fsp3) is 0.500. The minimum atomic E-state index is -0.386. The number of halogens is 3. The van der Waals surface area contributed by atoms with Crippen molar-refractivity contribution in [1.29, 1.82) is 0 Å². The molecule has 0 bridgehead atoms. The molecular formula is C12H16BrClFNO2. The van der Waals surface area contributed by atoms with Gasteiger partial charge in [0.2, 0.25) is 0 Å². The van der Waals surface area contributed by atoms with Gasteiger partial charge in [0.25, 0.3) is 0 Å². The van der Waals surface area contributed by atoms with E-state index in [1.165, 1.54) is 12.1 Å². The Balaban J connectivity index is 2.66. The molecule has 0 saturated heterocycles. The van der Waals surface area contributed by atoms with Gasteiger partial charge in [0, 0.05) is 17.7 Å². The van der Waals surface area contributed by atoms with Crippen LogP contribution in [0, 0.1) is 5.82 Å². The highest BCUT2D eigenvalue weighted by Crippen LogP contribution is 2.31. The first-order chi connectivity index (χ1) is 8.58. The molecule has 0 radical (unpaired) electrons. The molecule has 0 aliphatic rings. The van der Waals surface area contributed by atoms with Gasteiger partial charge in [-0.15, -0.1) is 0 Å². The maximum absolute atomic E-state index is 13.1. The van der Waals surface area contributed by atoms with E-state index >= 15 is 0 Å². The maximum atomic E-state index is 13.1. The van der Waals surface area contributed by atoms with Crippen molar-refractivity contribution in [3.8, 4) is 0 Å². The highest BCUT2D eigenvalue weighted by atomic mass is 79.9. The summed E-state index contributed by atoms with van der Waals surface area (Å²) in [6.45, 7) is 5.35. The fourth-order valence-corrected chi connectivity index (χ4v) is 2.39. The Morgan fingerprint density at radius 2 is 1.94 bits per heavy atom. The average Bonchev–Trinajstić information content (AvgIpc) is 2.28. The molecule has 0 aliphatic carbocycles. The summed E-state index contributed by atoms with van der Waals surface area (Å²) in [6.07, 6.45) is -0.354. The number of ether oxygens (including phenoxy) is 2. The van der Waals surface area contributed by atoms with Gasteiger partial charge in [-0.2, -0.15) is 0 Å². The van der Waals surface area contributed by atoms with Gasteiger partial charge in [-0.05, 0) is 41.9 Å². The second-order valence-corrected chi connectivity index (χ2v) is 4.73. The van der Waals surface area contributed by atoms with Crippen LogP contribution < -0.4 is 5.32 Å². The van der Waals surface area contributed by atoms with Gasteiger partial charge in [-0.25, -0.2) is 4.39 Å². The molecule has 0 amide bonds. The summed E-state index contributed by atoms with van der Waals surface area (Å²) >= 11 is 9.22. The highest BCUT2D eigenvalue weighted by molar-refractivity contribution is 9.10. The van der Waals surface area contributed by atoms with Crippen LogP contribution in [0.25, 0.3) is 0 Å². The zero-order valence-corrected chi connectivity index (χ0v) is 12.6. The predicted octanol–water partition coefficient (Wildman–Crippen LogP) is 4.05. The van der Waals surface area contributed by atoms with Crippen LogP contribution >= 0.6 is 27.5 Å². The SMILES string of the molecule is CCOC(CNc1c(Cl)cc(F)cc1Br)OCC. The summed E-state index contributed by atoms with van der Waals surface area (Å²) in [7, 11) is 0. The normalized spacial score (nSPS) is 11.0. The van der Waals surface area contributed by atoms with E-state index in [0.717, 1.165) is 0 Å². The number of anilines is 1. The number of rotatable bonds is 7. The average molecular weight is 341 g/mol. The molecule has 0 heterocycles. The maximum Gasteiger partial charge on any atom is 0.174 e. The number of hydrogen-bond acceptors (Lipinski definition) is 3. The lowest BCUT2D eigenvalue weighted by atomic mass is 10.3. The van der Waals surface area contributed by atoms with Gasteiger partial charge in [0.05, 0.1) is 17.3 Å². The minimum absolute atomic E-state index is 0.314. The fourth-order valence-electron chi connectivity index (χ4n) is 1.43. The summed E-state index contributed by atoms with van der Waals surface area (Å²) in [5.41, 5.74) is 0.627. The molecular weight excluding hydrogens is 324 g/mol. The monoisotopic (exact) mass is 339 g/mol. The smallest absolute Gasteiger partial charge is 0.174 e. The van der Waals surface area contributed by atoms with Crippen LogP contribution in [-0.4, -0.2) is 26.0 Å². The minimum Gasteiger partial charge on any atom is -0.378 e. The largest absolute Gasteiger partial charge is 0.378 e. The predicted molar refractivity (Wildman–Crippen MR) is 74.6 cm³/mol. The van der Waals surface area contributed by atoms with Crippen LogP contribution in [0.4, 0.5) is 10.1 Å². The third-order valence-electron chi connectivity index (χ3n) is 2.16. The van der Waals surface area contributed by atoms with E-state index in [9.17, 15) is 4.39 Å². The Bertz CT molecular complexity index is 363. The van der Waals surface area contributed by atoms with E-state index in [4.69, 9.17) is 21.1 Å². The third kappa shape index (κ3) is 4.72. The lowest BCUT2D eigenvalue weighted by molar-refractivity contribution is -0.126. The molecule has 0 fully saturated rings. The molecule has 0 spiro atoms. The Kier molecular flexibility index (Phi) is 6.92. The first-order valence-electron chi connectivity index (χ1n) is 5.70. The van der Waals surface area contributed by atoms with E-state index in [-0.39, 0.29) is 12.1 Å². The molecule has 1 N–H and O–H groups in total. The molecule has 3 nitrogen and oxygen atoms in total. The van der Waals surface area contributed by atoms with Crippen LogP contribution in [0.2, 0.25) is 5.02 Å². The zero-order valence-electron chi connectivity index (χ0n) is 10.3. The number of hydrogen-bond donors (Lipinski definition) is 1. The van der Waals surface area contributed by atoms with Crippen molar-refractivity contribution >= 4 is 33.2 Å². The Labute approximate surface area is 120 Å². The van der Waals surface area contributed by atoms with Gasteiger partial charge in [0.1, 0.15) is 5.82 Å². The third-order valence-corrected chi connectivity index (χ3v) is 3.08. The first-order valence-corrected chi connectivity index (χ1v) is 6.87. The summed E-state index contributed by atoms with van der Waals surface area (Å²) in [6, 6.07) is 2.61. The molecule has 1 rings (SSSR count). The second kappa shape index (κ2) is 7.94. The molecule has 18 heavy (non-hydrogen) atoms. The molecule has 0 aliphatic heterocycles. The van der Waals surface area contributed by atoms with Crippen LogP contribution in [0.1, 0.15) is 13.8 Å². The molecule has 102 valence electrons. The van der Waals surface area contributed by atoms with Crippen LogP contribution in [0.5, 0.6) is 0 Å². The van der Waals surface area contributed by atoms with E-state index in [0.29, 0.717) is 34.9 Å². The van der Waals surface area contributed by atoms with E-state index in [1.807, 2.05) is 13.8 Å². The molecule has 0 atom stereocenters. The quantitative estimate of drug-likeness (QED) is 0.760. The summed E-state index contributed by atoms with van der Waals surface area (Å²) < 4.78 is 24.4. The van der Waals surface area contributed by atoms with Gasteiger partial charge < -0.3 is 14.8 Å². The topological polar surface area (TPSA) is 30.5 Å². The zero-order chi connectivity index (χ0) is 13.5.